The summed E-state index contributed by atoms with van der Waals surface area (Å²) in [7, 11) is 0. The summed E-state index contributed by atoms with van der Waals surface area (Å²) in [4.78, 5) is 12.6. The molecule has 0 saturated heterocycles. The molecule has 0 fully saturated rings. The molecule has 0 radical (unpaired) electrons. The van der Waals surface area contributed by atoms with Gasteiger partial charge in [-0.25, -0.2) is 4.79 Å². The molecule has 0 unspecified atom stereocenters. The maximum Gasteiger partial charge on any atom is 0.350 e. The van der Waals surface area contributed by atoms with Gasteiger partial charge in [0, 0.05) is 10.6 Å². The Labute approximate surface area is 168 Å². The van der Waals surface area contributed by atoms with E-state index in [-0.39, 0.29) is 5.89 Å². The van der Waals surface area contributed by atoms with Gasteiger partial charge in [0.2, 0.25) is 5.89 Å². The molecule has 0 bridgehead atoms. The highest BCUT2D eigenvalue weighted by molar-refractivity contribution is 6.30. The van der Waals surface area contributed by atoms with Crippen LogP contribution in [0.15, 0.2) is 52.9 Å². The van der Waals surface area contributed by atoms with Gasteiger partial charge in [0.1, 0.15) is 5.75 Å². The minimum absolute atomic E-state index is 0.214. The lowest BCUT2D eigenvalue weighted by atomic mass is 10.1. The third-order valence-corrected chi connectivity index (χ3v) is 4.30. The first-order valence-electron chi connectivity index (χ1n) is 8.81. The number of benzene rings is 2. The number of nitrogens with zero attached hydrogens (tertiary/aromatic N) is 2. The van der Waals surface area contributed by atoms with Crippen molar-refractivity contribution >= 4 is 17.6 Å². The Bertz CT molecular complexity index is 949. The molecule has 0 aliphatic carbocycles. The average Bonchev–Trinajstić information content (AvgIpc) is 3.14. The first-order chi connectivity index (χ1) is 13.2. The number of hydrogen-bond donors (Lipinski definition) is 0. The van der Waals surface area contributed by atoms with Crippen molar-refractivity contribution in [2.24, 2.45) is 0 Å². The summed E-state index contributed by atoms with van der Waals surface area (Å²) in [6, 6.07) is 14.5. The lowest BCUT2D eigenvalue weighted by Gasteiger charge is -2.25. The van der Waals surface area contributed by atoms with E-state index in [0.717, 1.165) is 11.1 Å². The van der Waals surface area contributed by atoms with E-state index < -0.39 is 17.7 Å². The van der Waals surface area contributed by atoms with Crippen LogP contribution in [0.5, 0.6) is 5.75 Å². The predicted octanol–water partition coefficient (Wildman–Crippen LogP) is 5.16. The van der Waals surface area contributed by atoms with E-state index in [4.69, 9.17) is 25.5 Å². The molecule has 3 aromatic rings. The van der Waals surface area contributed by atoms with Crippen LogP contribution in [0.1, 0.15) is 38.3 Å². The largest absolute Gasteiger partial charge is 0.476 e. The normalized spacial score (nSPS) is 12.5. The van der Waals surface area contributed by atoms with E-state index in [1.165, 1.54) is 0 Å². The Kier molecular flexibility index (Phi) is 5.70. The van der Waals surface area contributed by atoms with Gasteiger partial charge in [0.05, 0.1) is 0 Å². The van der Waals surface area contributed by atoms with Crippen molar-refractivity contribution in [1.29, 1.82) is 0 Å². The highest BCUT2D eigenvalue weighted by Gasteiger charge is 2.34. The first-order valence-corrected chi connectivity index (χ1v) is 9.18. The third-order valence-electron chi connectivity index (χ3n) is 4.05. The number of esters is 1. The number of aryl methyl sites for hydroxylation is 1. The van der Waals surface area contributed by atoms with Gasteiger partial charge in [-0.05, 0) is 64.1 Å². The van der Waals surface area contributed by atoms with Gasteiger partial charge >= 0.3 is 5.97 Å². The van der Waals surface area contributed by atoms with Crippen molar-refractivity contribution in [2.75, 3.05) is 0 Å². The standard InChI is InChI=1S/C21H21ClN2O4/c1-13-5-7-15(8-6-13)19-24-23-18(27-19)14(2)26-20(25)21(3,4)28-17-11-9-16(22)10-12-17/h5-12,14H,1-4H3/t14-/m0/s1. The Morgan fingerprint density at radius 1 is 1.07 bits per heavy atom. The minimum atomic E-state index is -1.21. The maximum atomic E-state index is 12.6. The second-order valence-electron chi connectivity index (χ2n) is 6.93. The van der Waals surface area contributed by atoms with Crippen LogP contribution in [0.3, 0.4) is 0 Å². The monoisotopic (exact) mass is 400 g/mol. The van der Waals surface area contributed by atoms with Crippen LogP contribution < -0.4 is 4.74 Å². The summed E-state index contributed by atoms with van der Waals surface area (Å²) >= 11 is 5.87. The Hall–Kier alpha value is -2.86. The lowest BCUT2D eigenvalue weighted by molar-refractivity contribution is -0.165. The molecule has 146 valence electrons. The van der Waals surface area contributed by atoms with E-state index in [1.807, 2.05) is 31.2 Å². The summed E-state index contributed by atoms with van der Waals surface area (Å²) in [5.41, 5.74) is 0.727. The highest BCUT2D eigenvalue weighted by atomic mass is 35.5. The molecular formula is C21H21ClN2O4. The van der Waals surface area contributed by atoms with Crippen LogP contribution >= 0.6 is 11.6 Å². The fourth-order valence-electron chi connectivity index (χ4n) is 2.40. The molecule has 0 spiro atoms. The topological polar surface area (TPSA) is 74.5 Å². The van der Waals surface area contributed by atoms with E-state index in [0.29, 0.717) is 16.7 Å². The second kappa shape index (κ2) is 8.02. The quantitative estimate of drug-likeness (QED) is 0.532. The van der Waals surface area contributed by atoms with Crippen molar-refractivity contribution in [3.8, 4) is 17.2 Å². The molecule has 1 aromatic heterocycles. The van der Waals surface area contributed by atoms with Gasteiger partial charge in [-0.1, -0.05) is 29.3 Å². The van der Waals surface area contributed by atoms with Crippen molar-refractivity contribution in [1.82, 2.24) is 10.2 Å². The van der Waals surface area contributed by atoms with Gasteiger partial charge in [-0.2, -0.15) is 0 Å². The smallest absolute Gasteiger partial charge is 0.350 e. The lowest BCUT2D eigenvalue weighted by Crippen LogP contribution is -2.40. The van der Waals surface area contributed by atoms with Gasteiger partial charge in [0.25, 0.3) is 5.89 Å². The van der Waals surface area contributed by atoms with E-state index >= 15 is 0 Å². The summed E-state index contributed by atoms with van der Waals surface area (Å²) in [6.07, 6.45) is -0.715. The Balaban J connectivity index is 1.66. The number of carbonyl (C=O) groups is 1. The van der Waals surface area contributed by atoms with Crippen LogP contribution in [-0.2, 0) is 9.53 Å². The minimum Gasteiger partial charge on any atom is -0.476 e. The zero-order chi connectivity index (χ0) is 20.3. The average molecular weight is 401 g/mol. The van der Waals surface area contributed by atoms with Gasteiger partial charge in [-0.15, -0.1) is 10.2 Å². The van der Waals surface area contributed by atoms with E-state index in [1.54, 1.807) is 45.0 Å². The molecule has 7 heteroatoms. The van der Waals surface area contributed by atoms with Crippen LogP contribution in [-0.4, -0.2) is 21.8 Å². The second-order valence-corrected chi connectivity index (χ2v) is 7.36. The van der Waals surface area contributed by atoms with E-state index in [2.05, 4.69) is 10.2 Å². The Morgan fingerprint density at radius 2 is 1.71 bits per heavy atom. The fourth-order valence-corrected chi connectivity index (χ4v) is 2.53. The molecule has 28 heavy (non-hydrogen) atoms. The molecule has 0 N–H and O–H groups in total. The summed E-state index contributed by atoms with van der Waals surface area (Å²) < 4.78 is 16.9. The summed E-state index contributed by atoms with van der Waals surface area (Å²) in [5.74, 6) is 0.546. The van der Waals surface area contributed by atoms with Gasteiger partial charge < -0.3 is 13.9 Å². The summed E-state index contributed by atoms with van der Waals surface area (Å²) in [5, 5.41) is 8.61. The number of hydrogen-bond acceptors (Lipinski definition) is 6. The van der Waals surface area contributed by atoms with Gasteiger partial charge in [-0.3, -0.25) is 0 Å². The van der Waals surface area contributed by atoms with Gasteiger partial charge in [0.15, 0.2) is 11.7 Å². The van der Waals surface area contributed by atoms with Crippen molar-refractivity contribution in [2.45, 2.75) is 39.4 Å². The molecule has 1 atom stereocenters. The summed E-state index contributed by atoms with van der Waals surface area (Å²) in [6.45, 7) is 6.92. The maximum absolute atomic E-state index is 12.6. The molecule has 1 heterocycles. The number of aromatic nitrogens is 2. The molecule has 0 saturated carbocycles. The number of ether oxygens (including phenoxy) is 2. The molecule has 2 aromatic carbocycles. The molecular weight excluding hydrogens is 380 g/mol. The Morgan fingerprint density at radius 3 is 2.36 bits per heavy atom. The van der Waals surface area contributed by atoms with E-state index in [9.17, 15) is 4.79 Å². The fraction of sp³-hybridized carbons (Fsp3) is 0.286. The zero-order valence-electron chi connectivity index (χ0n) is 16.1. The van der Waals surface area contributed by atoms with Crippen LogP contribution in [0, 0.1) is 6.92 Å². The van der Waals surface area contributed by atoms with Crippen molar-refractivity contribution in [3.63, 3.8) is 0 Å². The van der Waals surface area contributed by atoms with Crippen molar-refractivity contribution in [3.05, 3.63) is 65.0 Å². The number of carbonyl (C=O) groups excluding carboxylic acids is 1. The highest BCUT2D eigenvalue weighted by Crippen LogP contribution is 2.26. The molecule has 0 amide bonds. The number of halogens is 1. The van der Waals surface area contributed by atoms with Crippen LogP contribution in [0.4, 0.5) is 0 Å². The molecule has 0 aliphatic rings. The first kappa shape index (κ1) is 19.9. The molecule has 0 aliphatic heterocycles. The SMILES string of the molecule is Cc1ccc(-c2nnc([C@H](C)OC(=O)C(C)(C)Oc3ccc(Cl)cc3)o2)cc1. The molecule has 6 nitrogen and oxygen atoms in total. The van der Waals surface area contributed by atoms with Crippen LogP contribution in [0.2, 0.25) is 5.02 Å². The molecule has 3 rings (SSSR count). The third kappa shape index (κ3) is 4.70. The predicted molar refractivity (Wildman–Crippen MR) is 105 cm³/mol. The zero-order valence-corrected chi connectivity index (χ0v) is 16.9. The van der Waals surface area contributed by atoms with Crippen LogP contribution in [0.25, 0.3) is 11.5 Å². The van der Waals surface area contributed by atoms with Crippen molar-refractivity contribution < 1.29 is 18.7 Å². The number of rotatable bonds is 6.